The van der Waals surface area contributed by atoms with Crippen LogP contribution in [0.4, 0.5) is 11.5 Å². The lowest BCUT2D eigenvalue weighted by Crippen LogP contribution is -2.44. The van der Waals surface area contributed by atoms with E-state index in [1.807, 2.05) is 0 Å². The lowest BCUT2D eigenvalue weighted by atomic mass is 10.0. The molecule has 1 saturated heterocycles. The highest BCUT2D eigenvalue weighted by molar-refractivity contribution is 7.21. The molecule has 0 unspecified atom stereocenters. The van der Waals surface area contributed by atoms with E-state index in [0.29, 0.717) is 34.0 Å². The van der Waals surface area contributed by atoms with Gasteiger partial charge in [-0.3, -0.25) is 4.79 Å². The van der Waals surface area contributed by atoms with Gasteiger partial charge in [0.25, 0.3) is 5.91 Å². The number of aliphatic hydroxyl groups excluding tert-OH is 1. The van der Waals surface area contributed by atoms with Gasteiger partial charge in [-0.15, -0.1) is 11.3 Å². The highest BCUT2D eigenvalue weighted by Gasteiger charge is 2.24. The van der Waals surface area contributed by atoms with E-state index in [2.05, 4.69) is 28.2 Å². The van der Waals surface area contributed by atoms with Crippen LogP contribution in [-0.2, 0) is 6.42 Å². The Hall–Kier alpha value is -2.46. The van der Waals surface area contributed by atoms with Crippen LogP contribution in [0.5, 0.6) is 0 Å². The fourth-order valence-electron chi connectivity index (χ4n) is 4.30. The second-order valence-electron chi connectivity index (χ2n) is 8.35. The van der Waals surface area contributed by atoms with Gasteiger partial charge in [-0.1, -0.05) is 31.0 Å². The molecule has 3 aromatic rings. The Morgan fingerprint density at radius 2 is 2.12 bits per heavy atom. The molecule has 8 nitrogen and oxygen atoms in total. The molecular weight excluding hydrogens is 460 g/mol. The van der Waals surface area contributed by atoms with Gasteiger partial charge in [0, 0.05) is 31.1 Å². The average molecular weight is 489 g/mol. The molecule has 1 aliphatic heterocycles. The van der Waals surface area contributed by atoms with Crippen LogP contribution in [-0.4, -0.2) is 46.7 Å². The number of nitrogen functional groups attached to an aromatic ring is 1. The van der Waals surface area contributed by atoms with Crippen molar-refractivity contribution in [2.24, 2.45) is 5.73 Å². The number of rotatable bonds is 8. The summed E-state index contributed by atoms with van der Waals surface area (Å²) < 4.78 is 0. The summed E-state index contributed by atoms with van der Waals surface area (Å²) in [5, 5.41) is 15.1. The van der Waals surface area contributed by atoms with Gasteiger partial charge in [0.1, 0.15) is 26.8 Å². The number of aryl methyl sites for hydroxylation is 1. The second kappa shape index (κ2) is 10.2. The summed E-state index contributed by atoms with van der Waals surface area (Å²) in [6, 6.07) is 7.65. The first-order valence-corrected chi connectivity index (χ1v) is 12.4. The zero-order valence-electron chi connectivity index (χ0n) is 18.6. The Bertz CT molecular complexity index is 1150. The zero-order chi connectivity index (χ0) is 23.5. The summed E-state index contributed by atoms with van der Waals surface area (Å²) in [6.45, 7) is 4.23. The predicted molar refractivity (Wildman–Crippen MR) is 134 cm³/mol. The molecule has 0 radical (unpaired) electrons. The number of aromatic nitrogens is 2. The largest absolute Gasteiger partial charge is 0.397 e. The molecule has 0 saturated carbocycles. The average Bonchev–Trinajstić information content (AvgIpc) is 3.15. The van der Waals surface area contributed by atoms with Crippen molar-refractivity contribution < 1.29 is 9.90 Å². The van der Waals surface area contributed by atoms with Gasteiger partial charge in [-0.05, 0) is 43.0 Å². The van der Waals surface area contributed by atoms with E-state index in [1.54, 1.807) is 18.2 Å². The van der Waals surface area contributed by atoms with Gasteiger partial charge in [0.05, 0.1) is 11.4 Å². The first-order chi connectivity index (χ1) is 15.9. The molecule has 3 aromatic heterocycles. The lowest BCUT2D eigenvalue weighted by molar-refractivity contribution is 0.100. The number of amides is 1. The smallest absolute Gasteiger partial charge is 0.260 e. The molecule has 0 aromatic carbocycles. The second-order valence-corrected chi connectivity index (χ2v) is 9.74. The number of carbonyl (C=O) groups excluding carboxylic acids is 1. The Kier molecular flexibility index (Phi) is 7.33. The molecule has 4 rings (SSSR count). The van der Waals surface area contributed by atoms with E-state index in [4.69, 9.17) is 28.1 Å². The molecule has 10 heteroatoms. The molecule has 0 spiro atoms. The number of primary amides is 1. The Labute approximate surface area is 202 Å². The summed E-state index contributed by atoms with van der Waals surface area (Å²) in [5.41, 5.74) is 13.9. The molecule has 6 N–H and O–H groups in total. The van der Waals surface area contributed by atoms with Crippen LogP contribution in [0.2, 0.25) is 5.15 Å². The standard InChI is InChI=1S/C23H29ClN6O2S/c1-2-4-13-11-18(29-23-19(13)20(25)21(33-23)22(26)32)30-9-7-14(8-10-30)27-12-16(31)15-5-3-6-17(24)28-15/h3,5-6,11,14,16,27,31H,2,4,7-10,12,25H2,1H3,(H2,26,32)/t16-/m0/s1. The van der Waals surface area contributed by atoms with Crippen LogP contribution in [0.15, 0.2) is 24.3 Å². The Balaban J connectivity index is 1.42. The predicted octanol–water partition coefficient (Wildman–Crippen LogP) is 3.27. The van der Waals surface area contributed by atoms with Gasteiger partial charge < -0.3 is 26.8 Å². The first kappa shape index (κ1) is 23.7. The molecule has 0 bridgehead atoms. The van der Waals surface area contributed by atoms with Crippen LogP contribution in [0, 0.1) is 0 Å². The summed E-state index contributed by atoms with van der Waals surface area (Å²) in [5.74, 6) is 0.395. The van der Waals surface area contributed by atoms with E-state index in [9.17, 15) is 9.90 Å². The van der Waals surface area contributed by atoms with Crippen molar-refractivity contribution in [3.05, 3.63) is 45.6 Å². The molecule has 1 fully saturated rings. The summed E-state index contributed by atoms with van der Waals surface area (Å²) in [7, 11) is 0. The molecule has 1 aliphatic rings. The van der Waals surface area contributed by atoms with Crippen molar-refractivity contribution in [1.29, 1.82) is 0 Å². The highest BCUT2D eigenvalue weighted by atomic mass is 35.5. The van der Waals surface area contributed by atoms with Crippen LogP contribution in [0.25, 0.3) is 10.2 Å². The number of halogens is 1. The normalized spacial score (nSPS) is 15.8. The number of pyridine rings is 2. The zero-order valence-corrected chi connectivity index (χ0v) is 20.1. The molecule has 0 aliphatic carbocycles. The van der Waals surface area contributed by atoms with Crippen molar-refractivity contribution in [2.45, 2.75) is 44.8 Å². The van der Waals surface area contributed by atoms with E-state index >= 15 is 0 Å². The number of nitrogens with zero attached hydrogens (tertiary/aromatic N) is 3. The number of hydrogen-bond donors (Lipinski definition) is 4. The van der Waals surface area contributed by atoms with E-state index < -0.39 is 12.0 Å². The minimum Gasteiger partial charge on any atom is -0.397 e. The third kappa shape index (κ3) is 5.22. The van der Waals surface area contributed by atoms with E-state index in [0.717, 1.165) is 60.4 Å². The number of fused-ring (bicyclic) bond motifs is 1. The van der Waals surface area contributed by atoms with Crippen molar-refractivity contribution in [1.82, 2.24) is 15.3 Å². The lowest BCUT2D eigenvalue weighted by Gasteiger charge is -2.34. The molecule has 4 heterocycles. The summed E-state index contributed by atoms with van der Waals surface area (Å²) in [6.07, 6.45) is 2.98. The number of carbonyl (C=O) groups is 1. The molecule has 1 amide bonds. The molecule has 1 atom stereocenters. The highest BCUT2D eigenvalue weighted by Crippen LogP contribution is 2.37. The maximum absolute atomic E-state index is 11.8. The molecule has 176 valence electrons. The number of aliphatic hydroxyl groups is 1. The number of thiophene rings is 1. The van der Waals surface area contributed by atoms with Crippen LogP contribution < -0.4 is 21.7 Å². The third-order valence-corrected chi connectivity index (χ3v) is 7.33. The van der Waals surface area contributed by atoms with Crippen molar-refractivity contribution in [3.8, 4) is 0 Å². The van der Waals surface area contributed by atoms with Gasteiger partial charge in [0.15, 0.2) is 0 Å². The third-order valence-electron chi connectivity index (χ3n) is 6.01. The van der Waals surface area contributed by atoms with Crippen molar-refractivity contribution >= 4 is 50.6 Å². The Morgan fingerprint density at radius 3 is 2.79 bits per heavy atom. The maximum atomic E-state index is 11.8. The number of nitrogens with one attached hydrogen (secondary N) is 1. The fourth-order valence-corrected chi connectivity index (χ4v) is 5.46. The number of piperidine rings is 1. The van der Waals surface area contributed by atoms with E-state index in [-0.39, 0.29) is 0 Å². The molecule has 33 heavy (non-hydrogen) atoms. The van der Waals surface area contributed by atoms with Gasteiger partial charge in [0.2, 0.25) is 0 Å². The monoisotopic (exact) mass is 488 g/mol. The maximum Gasteiger partial charge on any atom is 0.260 e. The van der Waals surface area contributed by atoms with Crippen LogP contribution in [0.1, 0.15) is 53.2 Å². The summed E-state index contributed by atoms with van der Waals surface area (Å²) in [4.78, 5) is 24.2. The topological polar surface area (TPSA) is 130 Å². The summed E-state index contributed by atoms with van der Waals surface area (Å²) >= 11 is 7.19. The fraction of sp³-hybridized carbons (Fsp3) is 0.435. The number of anilines is 2. The van der Waals surface area contributed by atoms with Gasteiger partial charge in [-0.2, -0.15) is 0 Å². The van der Waals surface area contributed by atoms with Crippen LogP contribution in [0.3, 0.4) is 0 Å². The van der Waals surface area contributed by atoms with Crippen molar-refractivity contribution in [2.75, 3.05) is 30.3 Å². The van der Waals surface area contributed by atoms with E-state index in [1.165, 1.54) is 11.3 Å². The van der Waals surface area contributed by atoms with Gasteiger partial charge in [-0.25, -0.2) is 9.97 Å². The Morgan fingerprint density at radius 1 is 1.36 bits per heavy atom. The minimum absolute atomic E-state index is 0.299. The SMILES string of the molecule is CCCc1cc(N2CCC(NC[C@H](O)c3cccc(Cl)n3)CC2)nc2sc(C(N)=O)c(N)c12. The first-order valence-electron chi connectivity index (χ1n) is 11.2. The minimum atomic E-state index is -0.703. The number of nitrogens with two attached hydrogens (primary N) is 2. The van der Waals surface area contributed by atoms with Gasteiger partial charge >= 0.3 is 0 Å². The van der Waals surface area contributed by atoms with Crippen molar-refractivity contribution in [3.63, 3.8) is 0 Å². The number of hydrogen-bond acceptors (Lipinski definition) is 8. The molecular formula is C23H29ClN6O2S. The quantitative estimate of drug-likeness (QED) is 0.358. The van der Waals surface area contributed by atoms with Crippen LogP contribution >= 0.6 is 22.9 Å².